The standard InChI is InChI=1S/C27H52O7/c1-5-7-8-9-10-11-12-13-14-15-16-32-23-27(3,25-34-26(28)6-2)24-33-22-21-31-20-19-30-18-17-29-4/h6H,2,5,7-25H2,1,3-4H3. The fourth-order valence-electron chi connectivity index (χ4n) is 3.34. The lowest BCUT2D eigenvalue weighted by atomic mass is 9.94. The molecule has 0 aromatic heterocycles. The molecule has 0 radical (unpaired) electrons. The third-order valence-electron chi connectivity index (χ3n) is 5.45. The Morgan fingerprint density at radius 2 is 1.15 bits per heavy atom. The predicted molar refractivity (Wildman–Crippen MR) is 136 cm³/mol. The van der Waals surface area contributed by atoms with Crippen LogP contribution in [0, 0.1) is 5.41 Å². The highest BCUT2D eigenvalue weighted by molar-refractivity contribution is 5.81. The number of esters is 1. The molecule has 1 unspecified atom stereocenters. The Hall–Kier alpha value is -0.990. The Kier molecular flexibility index (Phi) is 24.4. The van der Waals surface area contributed by atoms with Crippen LogP contribution < -0.4 is 0 Å². The molecule has 0 aromatic carbocycles. The van der Waals surface area contributed by atoms with Crippen LogP contribution in [0.25, 0.3) is 0 Å². The van der Waals surface area contributed by atoms with Gasteiger partial charge in [0.15, 0.2) is 0 Å². The lowest BCUT2D eigenvalue weighted by Crippen LogP contribution is -2.35. The van der Waals surface area contributed by atoms with E-state index in [1.54, 1.807) is 7.11 Å². The second-order valence-corrected chi connectivity index (χ2v) is 9.13. The van der Waals surface area contributed by atoms with Crippen LogP contribution in [0.4, 0.5) is 0 Å². The van der Waals surface area contributed by atoms with E-state index >= 15 is 0 Å². The largest absolute Gasteiger partial charge is 0.462 e. The topological polar surface area (TPSA) is 72.5 Å². The van der Waals surface area contributed by atoms with Gasteiger partial charge in [0.1, 0.15) is 6.61 Å². The van der Waals surface area contributed by atoms with E-state index in [0.717, 1.165) is 6.42 Å². The van der Waals surface area contributed by atoms with Crippen LogP contribution in [0.1, 0.15) is 78.1 Å². The molecule has 0 aliphatic heterocycles. The van der Waals surface area contributed by atoms with E-state index in [1.807, 2.05) is 6.92 Å². The lowest BCUT2D eigenvalue weighted by Gasteiger charge is -2.28. The van der Waals surface area contributed by atoms with E-state index in [0.29, 0.717) is 59.5 Å². The van der Waals surface area contributed by atoms with Crippen molar-refractivity contribution in [3.05, 3.63) is 12.7 Å². The van der Waals surface area contributed by atoms with Crippen molar-refractivity contribution in [3.8, 4) is 0 Å². The van der Waals surface area contributed by atoms with Crippen LogP contribution in [0.3, 0.4) is 0 Å². The molecule has 1 atom stereocenters. The summed E-state index contributed by atoms with van der Waals surface area (Å²) < 4.78 is 32.8. The zero-order valence-electron chi connectivity index (χ0n) is 22.3. The first-order valence-corrected chi connectivity index (χ1v) is 13.2. The normalized spacial score (nSPS) is 13.0. The summed E-state index contributed by atoms with van der Waals surface area (Å²) in [7, 11) is 1.65. The monoisotopic (exact) mass is 488 g/mol. The van der Waals surface area contributed by atoms with Crippen molar-refractivity contribution in [3.63, 3.8) is 0 Å². The van der Waals surface area contributed by atoms with Gasteiger partial charge in [-0.15, -0.1) is 0 Å². The van der Waals surface area contributed by atoms with Gasteiger partial charge in [0.25, 0.3) is 0 Å². The number of hydrogen-bond acceptors (Lipinski definition) is 7. The van der Waals surface area contributed by atoms with Crippen molar-refractivity contribution in [2.75, 3.05) is 73.2 Å². The molecule has 0 spiro atoms. The molecule has 0 rings (SSSR count). The smallest absolute Gasteiger partial charge is 0.330 e. The Labute approximate surface area is 208 Å². The minimum atomic E-state index is -0.433. The van der Waals surface area contributed by atoms with Gasteiger partial charge in [-0.05, 0) is 6.42 Å². The Morgan fingerprint density at radius 3 is 1.68 bits per heavy atom. The first kappa shape index (κ1) is 33.0. The van der Waals surface area contributed by atoms with Gasteiger partial charge in [-0.25, -0.2) is 4.79 Å². The number of hydrogen-bond donors (Lipinski definition) is 0. The van der Waals surface area contributed by atoms with Crippen LogP contribution in [0.15, 0.2) is 12.7 Å². The molecule has 0 aromatic rings. The molecule has 0 saturated heterocycles. The van der Waals surface area contributed by atoms with Crippen molar-refractivity contribution in [2.24, 2.45) is 5.41 Å². The molecular weight excluding hydrogens is 436 g/mol. The molecule has 0 amide bonds. The molecule has 0 fully saturated rings. The van der Waals surface area contributed by atoms with Gasteiger partial charge < -0.3 is 28.4 Å². The summed E-state index contributed by atoms with van der Waals surface area (Å²) in [5.74, 6) is -0.433. The quantitative estimate of drug-likeness (QED) is 0.0876. The molecule has 7 nitrogen and oxygen atoms in total. The highest BCUT2D eigenvalue weighted by Crippen LogP contribution is 2.19. The van der Waals surface area contributed by atoms with Crippen molar-refractivity contribution < 1.29 is 33.2 Å². The molecule has 7 heteroatoms. The number of carbonyl (C=O) groups excluding carboxylic acids is 1. The summed E-state index contributed by atoms with van der Waals surface area (Å²) in [6.45, 7) is 12.7. The Bertz CT molecular complexity index is 458. The first-order chi connectivity index (χ1) is 16.6. The SMILES string of the molecule is C=CC(=O)OCC(C)(COCCCCCCCCCCCC)COCCOCCOCCOC. The van der Waals surface area contributed by atoms with Gasteiger partial charge in [0, 0.05) is 25.2 Å². The zero-order chi connectivity index (χ0) is 25.2. The third kappa shape index (κ3) is 22.8. The minimum Gasteiger partial charge on any atom is -0.462 e. The number of ether oxygens (including phenoxy) is 6. The molecule has 0 heterocycles. The van der Waals surface area contributed by atoms with Gasteiger partial charge in [0.2, 0.25) is 0 Å². The van der Waals surface area contributed by atoms with Gasteiger partial charge in [-0.3, -0.25) is 0 Å². The van der Waals surface area contributed by atoms with Crippen LogP contribution in [-0.2, 0) is 33.2 Å². The molecule has 0 bridgehead atoms. The van der Waals surface area contributed by atoms with E-state index in [-0.39, 0.29) is 6.61 Å². The first-order valence-electron chi connectivity index (χ1n) is 13.2. The van der Waals surface area contributed by atoms with Crippen molar-refractivity contribution >= 4 is 5.97 Å². The third-order valence-corrected chi connectivity index (χ3v) is 5.45. The van der Waals surface area contributed by atoms with E-state index in [4.69, 9.17) is 28.4 Å². The molecule has 0 N–H and O–H groups in total. The summed E-state index contributed by atoms with van der Waals surface area (Å²) in [5.41, 5.74) is -0.416. The maximum absolute atomic E-state index is 11.5. The van der Waals surface area contributed by atoms with Crippen LogP contribution in [0.5, 0.6) is 0 Å². The van der Waals surface area contributed by atoms with E-state index < -0.39 is 11.4 Å². The lowest BCUT2D eigenvalue weighted by molar-refractivity contribution is -0.145. The van der Waals surface area contributed by atoms with Crippen LogP contribution in [-0.4, -0.2) is 79.1 Å². The molecule has 0 aliphatic carbocycles. The average Bonchev–Trinajstić information content (AvgIpc) is 2.84. The maximum Gasteiger partial charge on any atom is 0.330 e. The summed E-state index contributed by atoms with van der Waals surface area (Å²) in [4.78, 5) is 11.5. The molecule has 202 valence electrons. The van der Waals surface area contributed by atoms with E-state index in [1.165, 1.54) is 63.9 Å². The number of carbonyl (C=O) groups is 1. The van der Waals surface area contributed by atoms with Crippen LogP contribution in [0.2, 0.25) is 0 Å². The van der Waals surface area contributed by atoms with Gasteiger partial charge in [-0.1, -0.05) is 78.2 Å². The fraction of sp³-hybridized carbons (Fsp3) is 0.889. The average molecular weight is 489 g/mol. The maximum atomic E-state index is 11.5. The number of rotatable bonds is 27. The minimum absolute atomic E-state index is 0.226. The van der Waals surface area contributed by atoms with Gasteiger partial charge in [-0.2, -0.15) is 0 Å². The van der Waals surface area contributed by atoms with Crippen molar-refractivity contribution in [1.82, 2.24) is 0 Å². The van der Waals surface area contributed by atoms with Gasteiger partial charge >= 0.3 is 5.97 Å². The van der Waals surface area contributed by atoms with Crippen LogP contribution >= 0.6 is 0 Å². The number of unbranched alkanes of at least 4 members (excludes halogenated alkanes) is 9. The molecule has 34 heavy (non-hydrogen) atoms. The van der Waals surface area contributed by atoms with Crippen molar-refractivity contribution in [1.29, 1.82) is 0 Å². The zero-order valence-corrected chi connectivity index (χ0v) is 22.3. The fourth-order valence-corrected chi connectivity index (χ4v) is 3.34. The molecule has 0 aliphatic rings. The summed E-state index contributed by atoms with van der Waals surface area (Å²) in [6, 6.07) is 0. The van der Waals surface area contributed by atoms with E-state index in [2.05, 4.69) is 13.5 Å². The predicted octanol–water partition coefficient (Wildman–Crippen LogP) is 5.36. The summed E-state index contributed by atoms with van der Waals surface area (Å²) in [6.07, 6.45) is 14.2. The van der Waals surface area contributed by atoms with Gasteiger partial charge in [0.05, 0.1) is 52.9 Å². The molecule has 0 saturated carbocycles. The van der Waals surface area contributed by atoms with E-state index in [9.17, 15) is 4.79 Å². The summed E-state index contributed by atoms with van der Waals surface area (Å²) >= 11 is 0. The summed E-state index contributed by atoms with van der Waals surface area (Å²) in [5, 5.41) is 0. The Morgan fingerprint density at radius 1 is 0.676 bits per heavy atom. The second-order valence-electron chi connectivity index (χ2n) is 9.13. The second kappa shape index (κ2) is 25.1. The highest BCUT2D eigenvalue weighted by Gasteiger charge is 2.27. The number of methoxy groups -OCH3 is 1. The highest BCUT2D eigenvalue weighted by atomic mass is 16.6. The Balaban J connectivity index is 3.92. The molecular formula is C27H52O7. The van der Waals surface area contributed by atoms with Crippen molar-refractivity contribution in [2.45, 2.75) is 78.1 Å².